The zero-order valence-electron chi connectivity index (χ0n) is 5.90. The molecule has 0 atom stereocenters. The van der Waals surface area contributed by atoms with E-state index >= 15 is 0 Å². The molecule has 0 heterocycles. The molecule has 11 heavy (non-hydrogen) atoms. The number of rotatable bonds is 1. The molecule has 0 amide bonds. The Bertz CT molecular complexity index is 277. The van der Waals surface area contributed by atoms with E-state index in [1.807, 2.05) is 12.1 Å². The fourth-order valence-electron chi connectivity index (χ4n) is 1.12. The Morgan fingerprint density at radius 2 is 2.09 bits per heavy atom. The van der Waals surface area contributed by atoms with Crippen LogP contribution >= 0.6 is 23.2 Å². The fourth-order valence-corrected chi connectivity index (χ4v) is 1.41. The van der Waals surface area contributed by atoms with Gasteiger partial charge in [0, 0.05) is 6.07 Å². The van der Waals surface area contributed by atoms with Crippen molar-refractivity contribution in [3.05, 3.63) is 33.8 Å². The van der Waals surface area contributed by atoms with Gasteiger partial charge >= 0.3 is 0 Å². The van der Waals surface area contributed by atoms with Crippen LogP contribution in [0.4, 0.5) is 0 Å². The minimum absolute atomic E-state index is 0.524. The molecule has 57 valence electrons. The number of hydrogen-bond donors (Lipinski definition) is 0. The lowest BCUT2D eigenvalue weighted by Crippen LogP contribution is -1.78. The van der Waals surface area contributed by atoms with Crippen LogP contribution in [-0.4, -0.2) is 0 Å². The molecule has 0 nitrogen and oxygen atoms in total. The third kappa shape index (κ3) is 1.52. The zero-order valence-corrected chi connectivity index (χ0v) is 7.41. The van der Waals surface area contributed by atoms with Gasteiger partial charge in [0.15, 0.2) is 0 Å². The van der Waals surface area contributed by atoms with Crippen molar-refractivity contribution in [2.75, 3.05) is 0 Å². The van der Waals surface area contributed by atoms with E-state index in [2.05, 4.69) is 6.07 Å². The number of hydrogen-bond acceptors (Lipinski definition) is 0. The standard InChI is InChI=1S/C9H7Cl2/c10-8-4-3-7(5-9(8)11)6-1-2-6/h3,5-6H,1-2H2. The highest BCUT2D eigenvalue weighted by atomic mass is 35.5. The lowest BCUT2D eigenvalue weighted by Gasteiger charge is -1.98. The van der Waals surface area contributed by atoms with Gasteiger partial charge < -0.3 is 0 Å². The maximum absolute atomic E-state index is 5.82. The van der Waals surface area contributed by atoms with Crippen molar-refractivity contribution < 1.29 is 0 Å². The second kappa shape index (κ2) is 2.69. The Balaban J connectivity index is 2.36. The summed E-state index contributed by atoms with van der Waals surface area (Å²) in [4.78, 5) is 0. The van der Waals surface area contributed by atoms with Crippen molar-refractivity contribution in [1.29, 1.82) is 0 Å². The van der Waals surface area contributed by atoms with E-state index in [9.17, 15) is 0 Å². The van der Waals surface area contributed by atoms with Crippen LogP contribution in [0.15, 0.2) is 12.1 Å². The largest absolute Gasteiger partial charge is 0.0827 e. The van der Waals surface area contributed by atoms with E-state index in [0.29, 0.717) is 10.0 Å². The van der Waals surface area contributed by atoms with Crippen LogP contribution in [0.25, 0.3) is 0 Å². The summed E-state index contributed by atoms with van der Waals surface area (Å²) in [7, 11) is 0. The van der Waals surface area contributed by atoms with Crippen molar-refractivity contribution in [2.24, 2.45) is 0 Å². The van der Waals surface area contributed by atoms with E-state index in [4.69, 9.17) is 23.2 Å². The van der Waals surface area contributed by atoms with Crippen LogP contribution in [0.3, 0.4) is 0 Å². The average molecular weight is 186 g/mol. The molecule has 0 saturated heterocycles. The van der Waals surface area contributed by atoms with Gasteiger partial charge in [-0.1, -0.05) is 23.2 Å². The molecule has 1 radical (unpaired) electrons. The maximum atomic E-state index is 5.82. The lowest BCUT2D eigenvalue weighted by molar-refractivity contribution is 1.13. The van der Waals surface area contributed by atoms with Crippen LogP contribution in [-0.2, 0) is 0 Å². The highest BCUT2D eigenvalue weighted by molar-refractivity contribution is 6.41. The van der Waals surface area contributed by atoms with Crippen LogP contribution in [0.1, 0.15) is 24.3 Å². The topological polar surface area (TPSA) is 0 Å². The van der Waals surface area contributed by atoms with Gasteiger partial charge in [-0.25, -0.2) is 0 Å². The average Bonchev–Trinajstić information content (AvgIpc) is 2.77. The Hall–Kier alpha value is -0.200. The molecule has 1 aliphatic carbocycles. The monoisotopic (exact) mass is 185 g/mol. The van der Waals surface area contributed by atoms with Gasteiger partial charge in [-0.15, -0.1) is 0 Å². The van der Waals surface area contributed by atoms with Gasteiger partial charge in [-0.05, 0) is 36.5 Å². The minimum atomic E-state index is 0.524. The van der Waals surface area contributed by atoms with Crippen molar-refractivity contribution in [1.82, 2.24) is 0 Å². The third-order valence-corrected chi connectivity index (χ3v) is 2.62. The van der Waals surface area contributed by atoms with E-state index in [1.54, 1.807) is 0 Å². The Morgan fingerprint density at radius 1 is 1.36 bits per heavy atom. The number of benzene rings is 1. The van der Waals surface area contributed by atoms with Gasteiger partial charge in [0.25, 0.3) is 0 Å². The molecule has 2 heteroatoms. The quantitative estimate of drug-likeness (QED) is 0.627. The summed E-state index contributed by atoms with van der Waals surface area (Å²) in [5.41, 5.74) is 1.28. The predicted molar refractivity (Wildman–Crippen MR) is 47.3 cm³/mol. The van der Waals surface area contributed by atoms with Crippen LogP contribution in [0.5, 0.6) is 0 Å². The van der Waals surface area contributed by atoms with Gasteiger partial charge in [-0.3, -0.25) is 0 Å². The van der Waals surface area contributed by atoms with E-state index in [0.717, 1.165) is 5.92 Å². The highest BCUT2D eigenvalue weighted by Gasteiger charge is 2.23. The van der Waals surface area contributed by atoms with Gasteiger partial charge in [0.05, 0.1) is 10.0 Å². The highest BCUT2D eigenvalue weighted by Crippen LogP contribution is 2.41. The smallest absolute Gasteiger partial charge is 0.0671 e. The molecule has 0 spiro atoms. The number of halogens is 2. The molecule has 0 bridgehead atoms. The summed E-state index contributed by atoms with van der Waals surface area (Å²) in [6, 6.07) is 6.80. The second-order valence-corrected chi connectivity index (χ2v) is 3.65. The Morgan fingerprint density at radius 3 is 2.64 bits per heavy atom. The summed E-state index contributed by atoms with van der Waals surface area (Å²) >= 11 is 11.5. The van der Waals surface area contributed by atoms with Crippen molar-refractivity contribution in [3.8, 4) is 0 Å². The maximum Gasteiger partial charge on any atom is 0.0671 e. The van der Waals surface area contributed by atoms with Gasteiger partial charge in [-0.2, -0.15) is 0 Å². The molecule has 2 rings (SSSR count). The normalized spacial score (nSPS) is 16.9. The summed E-state index contributed by atoms with van der Waals surface area (Å²) in [6.45, 7) is 0. The molecule has 0 N–H and O–H groups in total. The summed E-state index contributed by atoms with van der Waals surface area (Å²) in [5, 5.41) is 1.15. The Labute approximate surface area is 76.1 Å². The first kappa shape index (κ1) is 7.45. The molecule has 1 aromatic rings. The molecule has 1 fully saturated rings. The summed E-state index contributed by atoms with van der Waals surface area (Å²) < 4.78 is 0. The lowest BCUT2D eigenvalue weighted by atomic mass is 10.1. The molecule has 0 aromatic heterocycles. The van der Waals surface area contributed by atoms with Crippen molar-refractivity contribution in [2.45, 2.75) is 18.8 Å². The van der Waals surface area contributed by atoms with Crippen molar-refractivity contribution in [3.63, 3.8) is 0 Å². The van der Waals surface area contributed by atoms with E-state index in [1.165, 1.54) is 18.4 Å². The first-order valence-corrected chi connectivity index (χ1v) is 4.39. The predicted octanol–water partition coefficient (Wildman–Crippen LogP) is 3.67. The second-order valence-electron chi connectivity index (χ2n) is 2.87. The summed E-state index contributed by atoms with van der Waals surface area (Å²) in [5.74, 6) is 0.723. The van der Waals surface area contributed by atoms with Gasteiger partial charge in [0.2, 0.25) is 0 Å². The molecule has 1 aromatic carbocycles. The van der Waals surface area contributed by atoms with Crippen LogP contribution in [0.2, 0.25) is 10.0 Å². The molecule has 1 aliphatic rings. The van der Waals surface area contributed by atoms with Crippen molar-refractivity contribution >= 4 is 23.2 Å². The third-order valence-electron chi connectivity index (χ3n) is 1.92. The molecule has 0 unspecified atom stereocenters. The first-order valence-electron chi connectivity index (χ1n) is 3.64. The van der Waals surface area contributed by atoms with Crippen LogP contribution < -0.4 is 0 Å². The van der Waals surface area contributed by atoms with E-state index in [-0.39, 0.29) is 0 Å². The first-order chi connectivity index (χ1) is 5.27. The van der Waals surface area contributed by atoms with Gasteiger partial charge in [0.1, 0.15) is 0 Å². The van der Waals surface area contributed by atoms with Crippen LogP contribution in [0, 0.1) is 6.07 Å². The minimum Gasteiger partial charge on any atom is -0.0827 e. The molecule has 1 saturated carbocycles. The molecule has 0 aliphatic heterocycles. The fraction of sp³-hybridized carbons (Fsp3) is 0.333. The molecular weight excluding hydrogens is 179 g/mol. The molecular formula is C9H7Cl2. The Kier molecular flexibility index (Phi) is 1.82. The summed E-state index contributed by atoms with van der Waals surface area (Å²) in [6.07, 6.45) is 2.57. The van der Waals surface area contributed by atoms with E-state index < -0.39 is 0 Å². The zero-order chi connectivity index (χ0) is 7.84. The SMILES string of the molecule is Clc1[c]cc(C2CC2)cc1Cl.